The Morgan fingerprint density at radius 2 is 1.78 bits per heavy atom. The third-order valence-electron chi connectivity index (χ3n) is 3.19. The Morgan fingerprint density at radius 1 is 1.06 bits per heavy atom. The molecule has 2 nitrogen and oxygen atoms in total. The van der Waals surface area contributed by atoms with E-state index >= 15 is 0 Å². The largest absolute Gasteiger partial charge is 0.419 e. The van der Waals surface area contributed by atoms with Crippen LogP contribution in [0.15, 0.2) is 45.6 Å². The third-order valence-corrected chi connectivity index (χ3v) is 3.19. The summed E-state index contributed by atoms with van der Waals surface area (Å²) in [4.78, 5) is 11.8. The van der Waals surface area contributed by atoms with Crippen molar-refractivity contribution in [2.24, 2.45) is 0 Å². The molecule has 0 aliphatic carbocycles. The van der Waals surface area contributed by atoms with Gasteiger partial charge >= 0.3 is 5.63 Å². The second kappa shape index (κ2) is 3.95. The molecular weight excluding hydrogens is 231 g/mol. The summed E-state index contributed by atoms with van der Waals surface area (Å²) in [5, 5.41) is 1.85. The molecule has 1 heterocycles. The molecular formula is C15H11FO2. The first kappa shape index (κ1) is 11.0. The number of halogens is 1. The molecule has 0 bridgehead atoms. The minimum atomic E-state index is -0.495. The first-order chi connectivity index (χ1) is 8.72. The average Bonchev–Trinajstić information content (AvgIpc) is 2.41. The molecule has 0 saturated heterocycles. The molecule has 0 atom stereocenters. The number of hydrogen-bond acceptors (Lipinski definition) is 2. The molecule has 90 valence electrons. The molecule has 0 saturated carbocycles. The lowest BCUT2D eigenvalue weighted by molar-refractivity contribution is 0.525. The highest BCUT2D eigenvalue weighted by Crippen LogP contribution is 2.26. The van der Waals surface area contributed by atoms with Crippen LogP contribution in [-0.2, 0) is 6.42 Å². The van der Waals surface area contributed by atoms with E-state index in [0.29, 0.717) is 22.8 Å². The van der Waals surface area contributed by atoms with E-state index in [1.807, 2.05) is 19.1 Å². The number of fused-ring (bicyclic) bond motifs is 3. The van der Waals surface area contributed by atoms with Crippen LogP contribution >= 0.6 is 0 Å². The molecule has 0 radical (unpaired) electrons. The maximum Gasteiger partial charge on any atom is 0.344 e. The van der Waals surface area contributed by atoms with Gasteiger partial charge in [0.15, 0.2) is 11.4 Å². The Labute approximate surface area is 103 Å². The zero-order chi connectivity index (χ0) is 12.7. The summed E-state index contributed by atoms with van der Waals surface area (Å²) in [6.45, 7) is 1.86. The van der Waals surface area contributed by atoms with Gasteiger partial charge in [-0.15, -0.1) is 0 Å². The van der Waals surface area contributed by atoms with Gasteiger partial charge in [-0.1, -0.05) is 37.3 Å². The quantitative estimate of drug-likeness (QED) is 0.481. The summed E-state index contributed by atoms with van der Waals surface area (Å²) in [5.41, 5.74) is 0.115. The Kier molecular flexibility index (Phi) is 2.40. The molecule has 2 aromatic carbocycles. The van der Waals surface area contributed by atoms with Crippen molar-refractivity contribution in [1.29, 1.82) is 0 Å². The van der Waals surface area contributed by atoms with Crippen LogP contribution in [0.1, 0.15) is 12.5 Å². The molecule has 0 amide bonds. The Bertz CT molecular complexity index is 803. The SMILES string of the molecule is CCc1ccc2c(oc(=O)c3ccccc32)c1F. The van der Waals surface area contributed by atoms with Crippen molar-refractivity contribution in [3.05, 3.63) is 58.2 Å². The van der Waals surface area contributed by atoms with Crippen molar-refractivity contribution in [2.75, 3.05) is 0 Å². The van der Waals surface area contributed by atoms with E-state index in [2.05, 4.69) is 0 Å². The van der Waals surface area contributed by atoms with E-state index in [-0.39, 0.29) is 5.58 Å². The second-order valence-corrected chi connectivity index (χ2v) is 4.20. The zero-order valence-corrected chi connectivity index (χ0v) is 9.87. The third kappa shape index (κ3) is 1.44. The van der Waals surface area contributed by atoms with Gasteiger partial charge in [0.1, 0.15) is 0 Å². The lowest BCUT2D eigenvalue weighted by Crippen LogP contribution is -2.01. The summed E-state index contributed by atoms with van der Waals surface area (Å²) in [6, 6.07) is 10.6. The zero-order valence-electron chi connectivity index (χ0n) is 9.87. The molecule has 0 spiro atoms. The van der Waals surface area contributed by atoms with E-state index in [0.717, 1.165) is 5.39 Å². The Hall–Kier alpha value is -2.16. The van der Waals surface area contributed by atoms with Gasteiger partial charge in [0.25, 0.3) is 0 Å². The number of aryl methyl sites for hydroxylation is 1. The molecule has 3 rings (SSSR count). The van der Waals surface area contributed by atoms with Crippen LogP contribution in [0.4, 0.5) is 4.39 Å². The topological polar surface area (TPSA) is 30.2 Å². The standard InChI is InChI=1S/C15H11FO2/c1-2-9-7-8-11-10-5-3-4-6-12(10)15(17)18-14(11)13(9)16/h3-8H,2H2,1H3. The van der Waals surface area contributed by atoms with Gasteiger partial charge in [-0.05, 0) is 18.1 Å². The Balaban J connectivity index is 2.58. The monoisotopic (exact) mass is 242 g/mol. The van der Waals surface area contributed by atoms with E-state index in [4.69, 9.17) is 4.42 Å². The summed E-state index contributed by atoms with van der Waals surface area (Å²) in [7, 11) is 0. The van der Waals surface area contributed by atoms with Crippen LogP contribution in [0.2, 0.25) is 0 Å². The maximum atomic E-state index is 14.1. The fraction of sp³-hybridized carbons (Fsp3) is 0.133. The van der Waals surface area contributed by atoms with Crippen LogP contribution in [0.25, 0.3) is 21.7 Å². The normalized spacial score (nSPS) is 11.2. The molecule has 0 fully saturated rings. The number of rotatable bonds is 1. The molecule has 3 aromatic rings. The van der Waals surface area contributed by atoms with Crippen LogP contribution in [0, 0.1) is 5.82 Å². The van der Waals surface area contributed by atoms with Crippen molar-refractivity contribution in [1.82, 2.24) is 0 Å². The lowest BCUT2D eigenvalue weighted by Gasteiger charge is -2.05. The molecule has 3 heteroatoms. The minimum Gasteiger partial charge on any atom is -0.419 e. The summed E-state index contributed by atoms with van der Waals surface area (Å²) in [5.74, 6) is -0.433. The highest BCUT2D eigenvalue weighted by atomic mass is 19.1. The minimum absolute atomic E-state index is 0.0538. The molecule has 0 aliphatic rings. The predicted molar refractivity (Wildman–Crippen MR) is 69.3 cm³/mol. The van der Waals surface area contributed by atoms with E-state index < -0.39 is 11.4 Å². The lowest BCUT2D eigenvalue weighted by atomic mass is 10.0. The highest BCUT2D eigenvalue weighted by molar-refractivity contribution is 6.04. The van der Waals surface area contributed by atoms with Crippen LogP contribution in [0.3, 0.4) is 0 Å². The smallest absolute Gasteiger partial charge is 0.344 e. The Morgan fingerprint density at radius 3 is 2.50 bits per heavy atom. The van der Waals surface area contributed by atoms with Gasteiger partial charge < -0.3 is 4.42 Å². The number of hydrogen-bond donors (Lipinski definition) is 0. The molecule has 0 aliphatic heterocycles. The first-order valence-corrected chi connectivity index (χ1v) is 5.85. The van der Waals surface area contributed by atoms with Crippen molar-refractivity contribution >= 4 is 21.7 Å². The number of benzene rings is 2. The van der Waals surface area contributed by atoms with Gasteiger partial charge in [-0.2, -0.15) is 0 Å². The highest BCUT2D eigenvalue weighted by Gasteiger charge is 2.12. The van der Waals surface area contributed by atoms with Crippen molar-refractivity contribution in [2.45, 2.75) is 13.3 Å². The van der Waals surface area contributed by atoms with Gasteiger partial charge in [0.05, 0.1) is 5.39 Å². The predicted octanol–water partition coefficient (Wildman–Crippen LogP) is 3.65. The van der Waals surface area contributed by atoms with Crippen molar-refractivity contribution < 1.29 is 8.81 Å². The van der Waals surface area contributed by atoms with Gasteiger partial charge in [-0.3, -0.25) is 0 Å². The van der Waals surface area contributed by atoms with E-state index in [1.54, 1.807) is 24.3 Å². The molecule has 0 N–H and O–H groups in total. The first-order valence-electron chi connectivity index (χ1n) is 5.85. The molecule has 0 unspecified atom stereocenters. The molecule has 1 aromatic heterocycles. The van der Waals surface area contributed by atoms with Crippen molar-refractivity contribution in [3.63, 3.8) is 0 Å². The van der Waals surface area contributed by atoms with Gasteiger partial charge in [0.2, 0.25) is 0 Å². The van der Waals surface area contributed by atoms with Gasteiger partial charge in [-0.25, -0.2) is 9.18 Å². The fourth-order valence-corrected chi connectivity index (χ4v) is 2.23. The van der Waals surface area contributed by atoms with Gasteiger partial charge in [0, 0.05) is 10.8 Å². The van der Waals surface area contributed by atoms with Crippen LogP contribution < -0.4 is 5.63 Å². The van der Waals surface area contributed by atoms with Crippen molar-refractivity contribution in [3.8, 4) is 0 Å². The maximum absolute atomic E-state index is 14.1. The fourth-order valence-electron chi connectivity index (χ4n) is 2.23. The van der Waals surface area contributed by atoms with Crippen LogP contribution in [0.5, 0.6) is 0 Å². The summed E-state index contributed by atoms with van der Waals surface area (Å²) < 4.78 is 19.3. The summed E-state index contributed by atoms with van der Waals surface area (Å²) >= 11 is 0. The summed E-state index contributed by atoms with van der Waals surface area (Å²) in [6.07, 6.45) is 0.568. The van der Waals surface area contributed by atoms with Crippen LogP contribution in [-0.4, -0.2) is 0 Å². The van der Waals surface area contributed by atoms with E-state index in [1.165, 1.54) is 0 Å². The average molecular weight is 242 g/mol. The molecule has 18 heavy (non-hydrogen) atoms. The van der Waals surface area contributed by atoms with E-state index in [9.17, 15) is 9.18 Å². The second-order valence-electron chi connectivity index (χ2n) is 4.20.